The third-order valence-corrected chi connectivity index (χ3v) is 2.69. The van der Waals surface area contributed by atoms with Crippen molar-refractivity contribution < 1.29 is 14.0 Å². The first-order valence-electron chi connectivity index (χ1n) is 6.32. The summed E-state index contributed by atoms with van der Waals surface area (Å²) in [5, 5.41) is 5.14. The second-order valence-corrected chi connectivity index (χ2v) is 4.46. The zero-order valence-electron chi connectivity index (χ0n) is 11.6. The zero-order chi connectivity index (χ0) is 14.3. The fourth-order valence-corrected chi connectivity index (χ4v) is 1.61. The first kappa shape index (κ1) is 15.2. The predicted octanol–water partition coefficient (Wildman–Crippen LogP) is 0.525. The topological polar surface area (TPSA) is 74.6 Å². The third-order valence-electron chi connectivity index (χ3n) is 2.69. The Kier molecular flexibility index (Phi) is 6.08. The van der Waals surface area contributed by atoms with Crippen molar-refractivity contribution in [1.29, 1.82) is 0 Å². The van der Waals surface area contributed by atoms with Gasteiger partial charge in [0.1, 0.15) is 5.76 Å². The van der Waals surface area contributed by atoms with Crippen LogP contribution in [0.2, 0.25) is 0 Å². The van der Waals surface area contributed by atoms with Crippen LogP contribution < -0.4 is 10.6 Å². The molecule has 0 aliphatic carbocycles. The smallest absolute Gasteiger partial charge is 0.309 e. The highest BCUT2D eigenvalue weighted by molar-refractivity contribution is 6.35. The lowest BCUT2D eigenvalue weighted by Crippen LogP contribution is -2.43. The number of hydrogen-bond acceptors (Lipinski definition) is 4. The summed E-state index contributed by atoms with van der Waals surface area (Å²) in [6, 6.07) is 3.54. The second-order valence-electron chi connectivity index (χ2n) is 4.46. The Labute approximate surface area is 113 Å². The fourth-order valence-electron chi connectivity index (χ4n) is 1.61. The Morgan fingerprint density at radius 1 is 1.32 bits per heavy atom. The van der Waals surface area contributed by atoms with E-state index < -0.39 is 11.8 Å². The number of nitrogens with one attached hydrogen (secondary N) is 2. The van der Waals surface area contributed by atoms with Gasteiger partial charge in [-0.3, -0.25) is 14.5 Å². The van der Waals surface area contributed by atoms with Crippen LogP contribution in [0.25, 0.3) is 0 Å². The van der Waals surface area contributed by atoms with Gasteiger partial charge >= 0.3 is 11.8 Å². The highest BCUT2D eigenvalue weighted by atomic mass is 16.3. The maximum Gasteiger partial charge on any atom is 0.309 e. The largest absolute Gasteiger partial charge is 0.468 e. The van der Waals surface area contributed by atoms with Crippen molar-refractivity contribution in [3.63, 3.8) is 0 Å². The summed E-state index contributed by atoms with van der Waals surface area (Å²) in [5.41, 5.74) is 0. The van der Waals surface area contributed by atoms with E-state index in [4.69, 9.17) is 4.42 Å². The van der Waals surface area contributed by atoms with Crippen molar-refractivity contribution >= 4 is 11.8 Å². The molecular formula is C13H21N3O3. The second kappa shape index (κ2) is 7.58. The van der Waals surface area contributed by atoms with Gasteiger partial charge in [0.2, 0.25) is 0 Å². The maximum absolute atomic E-state index is 11.6. The lowest BCUT2D eigenvalue weighted by atomic mass is 10.2. The average molecular weight is 267 g/mol. The van der Waals surface area contributed by atoms with E-state index in [0.29, 0.717) is 13.1 Å². The van der Waals surface area contributed by atoms with E-state index in [2.05, 4.69) is 10.6 Å². The van der Waals surface area contributed by atoms with Crippen LogP contribution in [0.3, 0.4) is 0 Å². The van der Waals surface area contributed by atoms with Gasteiger partial charge < -0.3 is 15.1 Å². The van der Waals surface area contributed by atoms with Crippen LogP contribution in [-0.2, 0) is 9.59 Å². The lowest BCUT2D eigenvalue weighted by Gasteiger charge is -2.22. The number of nitrogens with zero attached hydrogens (tertiary/aromatic N) is 1. The maximum atomic E-state index is 11.6. The molecule has 0 aromatic carbocycles. The molecule has 0 radical (unpaired) electrons. The Morgan fingerprint density at radius 2 is 2.00 bits per heavy atom. The van der Waals surface area contributed by atoms with Gasteiger partial charge in [-0.05, 0) is 32.6 Å². The molecule has 6 heteroatoms. The minimum atomic E-state index is -0.619. The van der Waals surface area contributed by atoms with E-state index in [-0.39, 0.29) is 6.04 Å². The Bertz CT molecular complexity index is 401. The van der Waals surface area contributed by atoms with Crippen molar-refractivity contribution in [2.24, 2.45) is 0 Å². The minimum absolute atomic E-state index is 0.0991. The number of carbonyl (C=O) groups is 2. The molecule has 2 N–H and O–H groups in total. The molecule has 0 saturated heterocycles. The molecule has 106 valence electrons. The summed E-state index contributed by atoms with van der Waals surface area (Å²) in [6.45, 7) is 2.75. The van der Waals surface area contributed by atoms with Gasteiger partial charge in [0.05, 0.1) is 12.3 Å². The monoisotopic (exact) mass is 267 g/mol. The molecule has 0 bridgehead atoms. The highest BCUT2D eigenvalue weighted by Crippen LogP contribution is 2.17. The third kappa shape index (κ3) is 4.75. The Hall–Kier alpha value is -1.82. The van der Waals surface area contributed by atoms with Crippen LogP contribution in [0.5, 0.6) is 0 Å². The Morgan fingerprint density at radius 3 is 2.53 bits per heavy atom. The van der Waals surface area contributed by atoms with Gasteiger partial charge in [0.25, 0.3) is 0 Å². The molecule has 19 heavy (non-hydrogen) atoms. The van der Waals surface area contributed by atoms with Crippen LogP contribution in [0.15, 0.2) is 22.8 Å². The van der Waals surface area contributed by atoms with Gasteiger partial charge in [0.15, 0.2) is 0 Å². The molecule has 0 aliphatic rings. The number of rotatable bonds is 6. The van der Waals surface area contributed by atoms with E-state index in [0.717, 1.165) is 12.2 Å². The summed E-state index contributed by atoms with van der Waals surface area (Å²) in [4.78, 5) is 24.9. The van der Waals surface area contributed by atoms with Crippen LogP contribution >= 0.6 is 0 Å². The molecule has 1 heterocycles. The molecule has 1 rings (SSSR count). The zero-order valence-corrected chi connectivity index (χ0v) is 11.6. The molecule has 6 nitrogen and oxygen atoms in total. The van der Waals surface area contributed by atoms with Gasteiger partial charge in [-0.15, -0.1) is 0 Å². The SMILES string of the molecule is CCCNC(=O)C(=O)NCC(c1ccco1)N(C)C. The number of amides is 2. The summed E-state index contributed by atoms with van der Waals surface area (Å²) in [6.07, 6.45) is 2.38. The fraction of sp³-hybridized carbons (Fsp3) is 0.538. The molecule has 1 aromatic heterocycles. The van der Waals surface area contributed by atoms with Crippen molar-refractivity contribution in [2.75, 3.05) is 27.2 Å². The molecule has 2 amide bonds. The average Bonchev–Trinajstić information content (AvgIpc) is 2.89. The normalized spacial score (nSPS) is 12.2. The van der Waals surface area contributed by atoms with E-state index >= 15 is 0 Å². The lowest BCUT2D eigenvalue weighted by molar-refractivity contribution is -0.139. The van der Waals surface area contributed by atoms with E-state index in [1.54, 1.807) is 12.3 Å². The number of furan rings is 1. The summed E-state index contributed by atoms with van der Waals surface area (Å²) < 4.78 is 5.32. The van der Waals surface area contributed by atoms with Gasteiger partial charge in [-0.2, -0.15) is 0 Å². The molecule has 1 aromatic rings. The van der Waals surface area contributed by atoms with Crippen molar-refractivity contribution in [1.82, 2.24) is 15.5 Å². The number of hydrogen-bond donors (Lipinski definition) is 2. The standard InChI is InChI=1S/C13H21N3O3/c1-4-7-14-12(17)13(18)15-9-10(16(2)3)11-6-5-8-19-11/h5-6,8,10H,4,7,9H2,1-3H3,(H,14,17)(H,15,18). The summed E-state index contributed by atoms with van der Waals surface area (Å²) in [5.74, 6) is -0.468. The van der Waals surface area contributed by atoms with Crippen molar-refractivity contribution in [2.45, 2.75) is 19.4 Å². The molecule has 1 atom stereocenters. The minimum Gasteiger partial charge on any atom is -0.468 e. The van der Waals surface area contributed by atoms with Gasteiger partial charge in [-0.1, -0.05) is 6.92 Å². The number of carbonyl (C=O) groups excluding carboxylic acids is 2. The molecule has 0 aliphatic heterocycles. The van der Waals surface area contributed by atoms with Crippen LogP contribution in [0.4, 0.5) is 0 Å². The summed E-state index contributed by atoms with van der Waals surface area (Å²) in [7, 11) is 3.77. The molecule has 1 unspecified atom stereocenters. The molecule has 0 saturated carbocycles. The van der Waals surface area contributed by atoms with E-state index in [1.165, 1.54) is 0 Å². The predicted molar refractivity (Wildman–Crippen MR) is 71.4 cm³/mol. The van der Waals surface area contributed by atoms with E-state index in [1.807, 2.05) is 32.0 Å². The van der Waals surface area contributed by atoms with Crippen molar-refractivity contribution in [3.05, 3.63) is 24.2 Å². The van der Waals surface area contributed by atoms with Gasteiger partial charge in [-0.25, -0.2) is 0 Å². The quantitative estimate of drug-likeness (QED) is 0.737. The van der Waals surface area contributed by atoms with E-state index in [9.17, 15) is 9.59 Å². The summed E-state index contributed by atoms with van der Waals surface area (Å²) >= 11 is 0. The van der Waals surface area contributed by atoms with Gasteiger partial charge in [0, 0.05) is 13.1 Å². The first-order valence-corrected chi connectivity index (χ1v) is 6.32. The highest BCUT2D eigenvalue weighted by Gasteiger charge is 2.20. The van der Waals surface area contributed by atoms with Crippen LogP contribution in [0.1, 0.15) is 25.1 Å². The van der Waals surface area contributed by atoms with Crippen LogP contribution in [0, 0.1) is 0 Å². The van der Waals surface area contributed by atoms with Crippen LogP contribution in [-0.4, -0.2) is 43.9 Å². The molecule has 0 fully saturated rings. The molecule has 0 spiro atoms. The Balaban J connectivity index is 2.49. The van der Waals surface area contributed by atoms with Crippen molar-refractivity contribution in [3.8, 4) is 0 Å². The molecular weight excluding hydrogens is 246 g/mol. The number of likely N-dealkylation sites (N-methyl/N-ethyl adjacent to an activating group) is 1. The first-order chi connectivity index (χ1) is 9.06.